The van der Waals surface area contributed by atoms with Crippen LogP contribution in [0.2, 0.25) is 0 Å². The Labute approximate surface area is 123 Å². The first-order chi connectivity index (χ1) is 9.85. The maximum absolute atomic E-state index is 5.84. The summed E-state index contributed by atoms with van der Waals surface area (Å²) in [4.78, 5) is 1.35. The summed E-state index contributed by atoms with van der Waals surface area (Å²) in [5, 5.41) is 5.72. The van der Waals surface area contributed by atoms with Crippen LogP contribution >= 0.6 is 11.3 Å². The van der Waals surface area contributed by atoms with E-state index in [1.807, 2.05) is 13.0 Å². The minimum Gasteiger partial charge on any atom is -0.493 e. The minimum absolute atomic E-state index is 0.267. The first kappa shape index (κ1) is 13.5. The molecule has 0 radical (unpaired) electrons. The van der Waals surface area contributed by atoms with E-state index in [2.05, 4.69) is 28.9 Å². The van der Waals surface area contributed by atoms with Crippen molar-refractivity contribution in [2.75, 3.05) is 20.3 Å². The Kier molecular flexibility index (Phi) is 3.94. The number of fused-ring (bicyclic) bond motifs is 1. The molecule has 0 bridgehead atoms. The van der Waals surface area contributed by atoms with Crippen LogP contribution in [-0.2, 0) is 6.42 Å². The Morgan fingerprint density at radius 2 is 2.25 bits per heavy atom. The summed E-state index contributed by atoms with van der Waals surface area (Å²) in [7, 11) is 1.70. The summed E-state index contributed by atoms with van der Waals surface area (Å²) < 4.78 is 11.3. The van der Waals surface area contributed by atoms with Gasteiger partial charge >= 0.3 is 0 Å². The van der Waals surface area contributed by atoms with E-state index in [4.69, 9.17) is 9.47 Å². The molecule has 0 saturated heterocycles. The number of hydrogen-bond acceptors (Lipinski definition) is 4. The number of thiophene rings is 1. The van der Waals surface area contributed by atoms with Crippen molar-refractivity contribution in [3.63, 3.8) is 0 Å². The number of methoxy groups -OCH3 is 1. The van der Waals surface area contributed by atoms with Gasteiger partial charge in [-0.3, -0.25) is 0 Å². The highest BCUT2D eigenvalue weighted by molar-refractivity contribution is 7.10. The Morgan fingerprint density at radius 3 is 2.95 bits per heavy atom. The maximum Gasteiger partial charge on any atom is 0.164 e. The predicted octanol–water partition coefficient (Wildman–Crippen LogP) is 3.39. The molecule has 4 heteroatoms. The highest BCUT2D eigenvalue weighted by Gasteiger charge is 2.26. The molecule has 1 aromatic carbocycles. The van der Waals surface area contributed by atoms with Gasteiger partial charge in [0.1, 0.15) is 0 Å². The van der Waals surface area contributed by atoms with E-state index in [-0.39, 0.29) is 6.04 Å². The van der Waals surface area contributed by atoms with Crippen LogP contribution in [0.5, 0.6) is 11.5 Å². The van der Waals surface area contributed by atoms with E-state index < -0.39 is 0 Å². The molecule has 1 unspecified atom stereocenters. The molecule has 0 amide bonds. The van der Waals surface area contributed by atoms with Crippen LogP contribution in [0.15, 0.2) is 29.6 Å². The van der Waals surface area contributed by atoms with Gasteiger partial charge < -0.3 is 14.8 Å². The van der Waals surface area contributed by atoms with Crippen LogP contribution in [0.4, 0.5) is 0 Å². The van der Waals surface area contributed by atoms with E-state index in [0.717, 1.165) is 24.5 Å². The molecule has 0 aliphatic carbocycles. The molecule has 0 saturated carbocycles. The van der Waals surface area contributed by atoms with Gasteiger partial charge in [-0.1, -0.05) is 12.1 Å². The van der Waals surface area contributed by atoms with Gasteiger partial charge in [-0.2, -0.15) is 0 Å². The van der Waals surface area contributed by atoms with Crippen molar-refractivity contribution in [3.05, 3.63) is 45.6 Å². The minimum atomic E-state index is 0.267. The second kappa shape index (κ2) is 5.85. The second-order valence-corrected chi connectivity index (χ2v) is 5.73. The molecule has 20 heavy (non-hydrogen) atoms. The summed E-state index contributed by atoms with van der Waals surface area (Å²) in [5.74, 6) is 1.74. The molecule has 1 atom stereocenters. The van der Waals surface area contributed by atoms with Gasteiger partial charge in [0, 0.05) is 17.0 Å². The lowest BCUT2D eigenvalue weighted by Gasteiger charge is -2.28. The van der Waals surface area contributed by atoms with Crippen molar-refractivity contribution in [2.45, 2.75) is 19.4 Å². The highest BCUT2D eigenvalue weighted by Crippen LogP contribution is 2.40. The monoisotopic (exact) mass is 289 g/mol. The Balaban J connectivity index is 2.08. The second-order valence-electron chi connectivity index (χ2n) is 4.75. The molecule has 3 rings (SSSR count). The molecule has 106 valence electrons. The molecule has 1 N–H and O–H groups in total. The van der Waals surface area contributed by atoms with Crippen LogP contribution in [0.3, 0.4) is 0 Å². The van der Waals surface area contributed by atoms with Gasteiger partial charge in [-0.15, -0.1) is 11.3 Å². The van der Waals surface area contributed by atoms with E-state index in [1.165, 1.54) is 16.0 Å². The number of benzene rings is 1. The number of ether oxygens (including phenoxy) is 2. The zero-order valence-corrected chi connectivity index (χ0v) is 12.6. The number of nitrogens with one attached hydrogen (secondary N) is 1. The average molecular weight is 289 g/mol. The Hall–Kier alpha value is -1.52. The van der Waals surface area contributed by atoms with Crippen molar-refractivity contribution in [3.8, 4) is 11.5 Å². The molecular formula is C16H19NO2S. The van der Waals surface area contributed by atoms with Gasteiger partial charge in [0.2, 0.25) is 0 Å². The van der Waals surface area contributed by atoms with Gasteiger partial charge in [0.15, 0.2) is 11.5 Å². The fourth-order valence-electron chi connectivity index (χ4n) is 2.77. The summed E-state index contributed by atoms with van der Waals surface area (Å²) in [6.07, 6.45) is 0.976. The molecule has 1 aliphatic heterocycles. The molecular weight excluding hydrogens is 270 g/mol. The Morgan fingerprint density at radius 1 is 1.35 bits per heavy atom. The summed E-state index contributed by atoms with van der Waals surface area (Å²) in [6, 6.07) is 8.72. The average Bonchev–Trinajstić information content (AvgIpc) is 3.01. The third-order valence-electron chi connectivity index (χ3n) is 3.63. The standard InChI is InChI=1S/C16H19NO2S/c1-3-19-16-12-8-9-17-15(14-5-4-10-20-14)11(12)6-7-13(16)18-2/h4-7,10,15,17H,3,8-9H2,1-2H3. The third-order valence-corrected chi connectivity index (χ3v) is 4.57. The zero-order valence-electron chi connectivity index (χ0n) is 11.8. The van der Waals surface area contributed by atoms with E-state index >= 15 is 0 Å². The van der Waals surface area contributed by atoms with Gasteiger partial charge in [0.25, 0.3) is 0 Å². The van der Waals surface area contributed by atoms with Crippen molar-refractivity contribution < 1.29 is 9.47 Å². The van der Waals surface area contributed by atoms with Crippen molar-refractivity contribution >= 4 is 11.3 Å². The van der Waals surface area contributed by atoms with Crippen LogP contribution in [0, 0.1) is 0 Å². The number of rotatable bonds is 4. The molecule has 2 heterocycles. The van der Waals surface area contributed by atoms with Gasteiger partial charge in [-0.25, -0.2) is 0 Å². The molecule has 1 aliphatic rings. The molecule has 0 spiro atoms. The lowest BCUT2D eigenvalue weighted by atomic mass is 9.92. The smallest absolute Gasteiger partial charge is 0.164 e. The molecule has 1 aromatic heterocycles. The lowest BCUT2D eigenvalue weighted by Crippen LogP contribution is -2.30. The zero-order chi connectivity index (χ0) is 13.9. The fourth-order valence-corrected chi connectivity index (χ4v) is 3.59. The fraction of sp³-hybridized carbons (Fsp3) is 0.375. The summed E-state index contributed by atoms with van der Waals surface area (Å²) >= 11 is 1.79. The molecule has 0 fully saturated rings. The summed E-state index contributed by atoms with van der Waals surface area (Å²) in [6.45, 7) is 3.63. The van der Waals surface area contributed by atoms with Crippen LogP contribution in [0.1, 0.15) is 29.0 Å². The van der Waals surface area contributed by atoms with Crippen molar-refractivity contribution in [2.24, 2.45) is 0 Å². The molecule has 2 aromatic rings. The van der Waals surface area contributed by atoms with Crippen molar-refractivity contribution in [1.29, 1.82) is 0 Å². The predicted molar refractivity (Wildman–Crippen MR) is 82.0 cm³/mol. The van der Waals surface area contributed by atoms with Gasteiger partial charge in [-0.05, 0) is 36.4 Å². The largest absolute Gasteiger partial charge is 0.493 e. The third kappa shape index (κ3) is 2.30. The normalized spacial score (nSPS) is 17.6. The van der Waals surface area contributed by atoms with Crippen LogP contribution < -0.4 is 14.8 Å². The van der Waals surface area contributed by atoms with Crippen LogP contribution in [-0.4, -0.2) is 20.3 Å². The van der Waals surface area contributed by atoms with Crippen molar-refractivity contribution in [1.82, 2.24) is 5.32 Å². The van der Waals surface area contributed by atoms with E-state index in [1.54, 1.807) is 18.4 Å². The SMILES string of the molecule is CCOc1c(OC)ccc2c1CCNC2c1cccs1. The van der Waals surface area contributed by atoms with E-state index in [9.17, 15) is 0 Å². The number of hydrogen-bond donors (Lipinski definition) is 1. The highest BCUT2D eigenvalue weighted by atomic mass is 32.1. The van der Waals surface area contributed by atoms with E-state index in [0.29, 0.717) is 6.61 Å². The van der Waals surface area contributed by atoms with Gasteiger partial charge in [0.05, 0.1) is 19.8 Å². The maximum atomic E-state index is 5.84. The summed E-state index contributed by atoms with van der Waals surface area (Å²) in [5.41, 5.74) is 2.59. The molecule has 3 nitrogen and oxygen atoms in total. The van der Waals surface area contributed by atoms with Crippen LogP contribution in [0.25, 0.3) is 0 Å². The first-order valence-electron chi connectivity index (χ1n) is 6.94. The lowest BCUT2D eigenvalue weighted by molar-refractivity contribution is 0.305. The first-order valence-corrected chi connectivity index (χ1v) is 7.82. The Bertz CT molecular complexity index is 580. The topological polar surface area (TPSA) is 30.5 Å². The quantitative estimate of drug-likeness (QED) is 0.936.